The lowest BCUT2D eigenvalue weighted by molar-refractivity contribution is -0.137. The van der Waals surface area contributed by atoms with Crippen LogP contribution in [0.3, 0.4) is 0 Å². The van der Waals surface area contributed by atoms with Crippen LogP contribution in [0.5, 0.6) is 0 Å². The number of aliphatic hydroxyl groups is 1. The normalized spacial score (nSPS) is 12.1. The van der Waals surface area contributed by atoms with E-state index in [0.29, 0.717) is 6.42 Å². The molecule has 0 aliphatic rings. The molecule has 0 bridgehead atoms. The lowest BCUT2D eigenvalue weighted by atomic mass is 10.1. The Kier molecular flexibility index (Phi) is 13.2. The van der Waals surface area contributed by atoms with Crippen LogP contribution in [0.15, 0.2) is 12.2 Å². The van der Waals surface area contributed by atoms with Crippen LogP contribution in [-0.4, -0.2) is 22.3 Å². The summed E-state index contributed by atoms with van der Waals surface area (Å²) in [7, 11) is 0. The third-order valence-electron chi connectivity index (χ3n) is 3.03. The van der Waals surface area contributed by atoms with Crippen LogP contribution in [0.25, 0.3) is 0 Å². The van der Waals surface area contributed by atoms with Crippen LogP contribution in [-0.2, 0) is 4.79 Å². The number of unbranched alkanes of at least 4 members (excludes halogenated alkanes) is 6. The van der Waals surface area contributed by atoms with Gasteiger partial charge in [0.05, 0.1) is 6.10 Å². The van der Waals surface area contributed by atoms with Crippen molar-refractivity contribution in [3.05, 3.63) is 12.2 Å². The summed E-state index contributed by atoms with van der Waals surface area (Å²) < 4.78 is 0. The predicted molar refractivity (Wildman–Crippen MR) is 82.4 cm³/mol. The van der Waals surface area contributed by atoms with Crippen LogP contribution in [0.2, 0.25) is 0 Å². The van der Waals surface area contributed by atoms with Crippen molar-refractivity contribution >= 4 is 5.97 Å². The van der Waals surface area contributed by atoms with Crippen LogP contribution < -0.4 is 0 Å². The Morgan fingerprint density at radius 3 is 2.45 bits per heavy atom. The van der Waals surface area contributed by atoms with Gasteiger partial charge in [-0.2, -0.15) is 0 Å². The Bertz CT molecular complexity index is 323. The molecule has 0 saturated heterocycles. The highest BCUT2D eigenvalue weighted by Crippen LogP contribution is 2.08. The second-order valence-electron chi connectivity index (χ2n) is 5.05. The molecular formula is C17H28O3. The molecule has 1 unspecified atom stereocenters. The van der Waals surface area contributed by atoms with Crippen LogP contribution in [0.1, 0.15) is 71.1 Å². The molecule has 0 radical (unpaired) electrons. The maximum Gasteiger partial charge on any atom is 0.303 e. The van der Waals surface area contributed by atoms with E-state index in [1.54, 1.807) is 12.2 Å². The van der Waals surface area contributed by atoms with E-state index < -0.39 is 5.97 Å². The Labute approximate surface area is 123 Å². The Balaban J connectivity index is 3.34. The van der Waals surface area contributed by atoms with Gasteiger partial charge in [0, 0.05) is 12.8 Å². The second kappa shape index (κ2) is 14.1. The smallest absolute Gasteiger partial charge is 0.303 e. The minimum absolute atomic E-state index is 0.293. The molecule has 0 aromatic carbocycles. The average molecular weight is 280 g/mol. The molecule has 0 aromatic rings. The largest absolute Gasteiger partial charge is 0.481 e. The molecule has 1 atom stereocenters. The lowest BCUT2D eigenvalue weighted by Crippen LogP contribution is -1.99. The molecule has 114 valence electrons. The van der Waals surface area contributed by atoms with Crippen molar-refractivity contribution in [1.82, 2.24) is 0 Å². The second-order valence-corrected chi connectivity index (χ2v) is 5.05. The quantitative estimate of drug-likeness (QED) is 0.445. The van der Waals surface area contributed by atoms with Gasteiger partial charge >= 0.3 is 5.97 Å². The first-order valence-corrected chi connectivity index (χ1v) is 7.71. The van der Waals surface area contributed by atoms with E-state index in [4.69, 9.17) is 5.11 Å². The van der Waals surface area contributed by atoms with Crippen molar-refractivity contribution in [1.29, 1.82) is 0 Å². The van der Waals surface area contributed by atoms with Gasteiger partial charge in [0.1, 0.15) is 0 Å². The zero-order valence-corrected chi connectivity index (χ0v) is 12.6. The number of allylic oxidation sites excluding steroid dienone is 1. The molecule has 0 saturated carbocycles. The molecule has 0 amide bonds. The highest BCUT2D eigenvalue weighted by Gasteiger charge is 1.96. The van der Waals surface area contributed by atoms with Gasteiger partial charge in [-0.25, -0.2) is 0 Å². The molecule has 0 aromatic heterocycles. The third kappa shape index (κ3) is 14.8. The van der Waals surface area contributed by atoms with Gasteiger partial charge in [0.25, 0.3) is 0 Å². The molecule has 0 aliphatic heterocycles. The zero-order valence-electron chi connectivity index (χ0n) is 12.6. The summed E-state index contributed by atoms with van der Waals surface area (Å²) in [5.41, 5.74) is 0. The number of aliphatic hydroxyl groups excluding tert-OH is 1. The summed E-state index contributed by atoms with van der Waals surface area (Å²) in [6.07, 6.45) is 12.4. The highest BCUT2D eigenvalue weighted by molar-refractivity contribution is 5.66. The third-order valence-corrected chi connectivity index (χ3v) is 3.03. The standard InChI is InChI=1S/C17H28O3/c1-2-13-16(18)14-11-9-7-5-3-4-6-8-10-12-15-17(19)20/h11,14,16,18H,2-6,8,10,12-13,15H2,1H3,(H,19,20)/b14-11+. The van der Waals surface area contributed by atoms with Crippen molar-refractivity contribution in [3.63, 3.8) is 0 Å². The van der Waals surface area contributed by atoms with Gasteiger partial charge < -0.3 is 10.2 Å². The number of carboxylic acid groups (broad SMARTS) is 1. The first-order valence-electron chi connectivity index (χ1n) is 7.71. The summed E-state index contributed by atoms with van der Waals surface area (Å²) in [6.45, 7) is 2.05. The minimum atomic E-state index is -0.697. The van der Waals surface area contributed by atoms with Crippen LogP contribution in [0, 0.1) is 11.8 Å². The number of rotatable bonds is 11. The predicted octanol–water partition coefficient (Wildman–Crippen LogP) is 3.91. The minimum Gasteiger partial charge on any atom is -0.481 e. The molecule has 0 aliphatic carbocycles. The van der Waals surface area contributed by atoms with Crippen molar-refractivity contribution in [3.8, 4) is 11.8 Å². The Morgan fingerprint density at radius 2 is 1.80 bits per heavy atom. The topological polar surface area (TPSA) is 57.5 Å². The van der Waals surface area contributed by atoms with Crippen LogP contribution >= 0.6 is 0 Å². The van der Waals surface area contributed by atoms with E-state index in [2.05, 4.69) is 11.8 Å². The number of hydrogen-bond donors (Lipinski definition) is 2. The molecule has 0 spiro atoms. The number of hydrogen-bond acceptors (Lipinski definition) is 2. The fraction of sp³-hybridized carbons (Fsp3) is 0.706. The van der Waals surface area contributed by atoms with E-state index in [1.807, 2.05) is 6.92 Å². The zero-order chi connectivity index (χ0) is 15.1. The molecule has 3 nitrogen and oxygen atoms in total. The molecule has 2 N–H and O–H groups in total. The lowest BCUT2D eigenvalue weighted by Gasteiger charge is -1.99. The fourth-order valence-electron chi connectivity index (χ4n) is 1.88. The maximum absolute atomic E-state index is 10.3. The van der Waals surface area contributed by atoms with E-state index >= 15 is 0 Å². The van der Waals surface area contributed by atoms with E-state index in [0.717, 1.165) is 57.8 Å². The molecule has 0 fully saturated rings. The molecule has 0 heterocycles. The highest BCUT2D eigenvalue weighted by atomic mass is 16.4. The van der Waals surface area contributed by atoms with Crippen molar-refractivity contribution in [2.45, 2.75) is 77.2 Å². The molecule has 0 rings (SSSR count). The SMILES string of the molecule is CCCC(O)/C=C/C#CCCCCCCCCC(=O)O. The van der Waals surface area contributed by atoms with Gasteiger partial charge in [-0.3, -0.25) is 4.79 Å². The van der Waals surface area contributed by atoms with E-state index in [-0.39, 0.29) is 6.10 Å². The first kappa shape index (κ1) is 18.7. The average Bonchev–Trinajstić information content (AvgIpc) is 2.40. The Morgan fingerprint density at radius 1 is 1.15 bits per heavy atom. The molecular weight excluding hydrogens is 252 g/mol. The number of carbonyl (C=O) groups is 1. The summed E-state index contributed by atoms with van der Waals surface area (Å²) in [5.74, 6) is 5.32. The summed E-state index contributed by atoms with van der Waals surface area (Å²) in [6, 6.07) is 0. The number of aliphatic carboxylic acids is 1. The summed E-state index contributed by atoms with van der Waals surface area (Å²) in [4.78, 5) is 10.3. The van der Waals surface area contributed by atoms with E-state index in [9.17, 15) is 9.90 Å². The first-order chi connectivity index (χ1) is 9.66. The van der Waals surface area contributed by atoms with Crippen molar-refractivity contribution < 1.29 is 15.0 Å². The van der Waals surface area contributed by atoms with Gasteiger partial charge in [0.2, 0.25) is 0 Å². The monoisotopic (exact) mass is 280 g/mol. The summed E-state index contributed by atoms with van der Waals surface area (Å²) in [5, 5.41) is 17.9. The van der Waals surface area contributed by atoms with E-state index in [1.165, 1.54) is 0 Å². The van der Waals surface area contributed by atoms with Gasteiger partial charge in [-0.05, 0) is 31.4 Å². The maximum atomic E-state index is 10.3. The van der Waals surface area contributed by atoms with Crippen molar-refractivity contribution in [2.75, 3.05) is 0 Å². The summed E-state index contributed by atoms with van der Waals surface area (Å²) >= 11 is 0. The van der Waals surface area contributed by atoms with Gasteiger partial charge in [-0.15, -0.1) is 0 Å². The van der Waals surface area contributed by atoms with Crippen LogP contribution in [0.4, 0.5) is 0 Å². The Hall–Kier alpha value is -1.27. The molecule has 3 heteroatoms. The fourth-order valence-corrected chi connectivity index (χ4v) is 1.88. The van der Waals surface area contributed by atoms with Gasteiger partial charge in [-0.1, -0.05) is 50.9 Å². The molecule has 20 heavy (non-hydrogen) atoms. The number of carboxylic acids is 1. The van der Waals surface area contributed by atoms with Crippen molar-refractivity contribution in [2.24, 2.45) is 0 Å². The van der Waals surface area contributed by atoms with Gasteiger partial charge in [0.15, 0.2) is 0 Å².